The normalized spacial score (nSPS) is 16.1. The van der Waals surface area contributed by atoms with Crippen LogP contribution in [0.2, 0.25) is 0 Å². The van der Waals surface area contributed by atoms with Crippen LogP contribution in [0.1, 0.15) is 28.3 Å². The first-order valence-corrected chi connectivity index (χ1v) is 12.5. The highest BCUT2D eigenvalue weighted by molar-refractivity contribution is 6.51. The predicted molar refractivity (Wildman–Crippen MR) is 148 cm³/mol. The van der Waals surface area contributed by atoms with Crippen LogP contribution in [-0.4, -0.2) is 26.8 Å². The van der Waals surface area contributed by atoms with E-state index < -0.39 is 45.7 Å². The van der Waals surface area contributed by atoms with Crippen molar-refractivity contribution < 1.29 is 33.9 Å². The summed E-state index contributed by atoms with van der Waals surface area (Å²) < 4.78 is 20.0. The van der Waals surface area contributed by atoms with E-state index in [1.54, 1.807) is 19.1 Å². The number of amides is 1. The molecular weight excluding hydrogens is 531 g/mol. The third-order valence-electron chi connectivity index (χ3n) is 6.73. The first-order chi connectivity index (χ1) is 19.7. The number of rotatable bonds is 7. The molecule has 0 aliphatic carbocycles. The Bertz CT molecular complexity index is 1720. The molecule has 1 heterocycles. The Morgan fingerprint density at radius 1 is 1.00 bits per heavy atom. The van der Waals surface area contributed by atoms with Crippen LogP contribution in [0.3, 0.4) is 0 Å². The fraction of sp³-hybridized carbons (Fsp3) is 0.0968. The van der Waals surface area contributed by atoms with E-state index in [0.29, 0.717) is 17.9 Å². The molecule has 1 fully saturated rings. The molecule has 0 spiro atoms. The second-order valence-electron chi connectivity index (χ2n) is 9.41. The number of phenols is 1. The predicted octanol–water partition coefficient (Wildman–Crippen LogP) is 5.95. The van der Waals surface area contributed by atoms with Crippen molar-refractivity contribution in [1.82, 2.24) is 0 Å². The van der Waals surface area contributed by atoms with E-state index in [0.717, 1.165) is 34.7 Å². The standard InChI is InChI=1S/C31H23FN2O7/c1-18-14-21(11-13-26(18)41-17-19-6-3-2-4-7-19)29(36)27-28(20-10-12-25(35)24(15-20)34(39)40)33(31(38)30(27)37)23-9-5-8-22(32)16-23/h2-16,28,35-36H,17H2,1H3/b29-27-. The first kappa shape index (κ1) is 27.1. The molecule has 2 N–H and O–H groups in total. The molecule has 0 radical (unpaired) electrons. The Hall–Kier alpha value is -5.51. The SMILES string of the molecule is Cc1cc(/C(O)=C2/C(=O)C(=O)N(c3cccc(F)c3)C2c2ccc(O)c([N+](=O)[O-])c2)ccc1OCc1ccccc1. The zero-order valence-corrected chi connectivity index (χ0v) is 21.7. The number of carbonyl (C=O) groups is 2. The van der Waals surface area contributed by atoms with Gasteiger partial charge in [-0.1, -0.05) is 42.5 Å². The van der Waals surface area contributed by atoms with Gasteiger partial charge in [-0.15, -0.1) is 0 Å². The monoisotopic (exact) mass is 554 g/mol. The van der Waals surface area contributed by atoms with Gasteiger partial charge in [-0.05, 0) is 66.1 Å². The van der Waals surface area contributed by atoms with Gasteiger partial charge in [0.05, 0.1) is 16.5 Å². The van der Waals surface area contributed by atoms with Crippen molar-refractivity contribution in [2.45, 2.75) is 19.6 Å². The zero-order chi connectivity index (χ0) is 29.3. The van der Waals surface area contributed by atoms with Crippen molar-refractivity contribution >= 4 is 28.8 Å². The lowest BCUT2D eigenvalue weighted by atomic mass is 9.94. The van der Waals surface area contributed by atoms with E-state index in [9.17, 15) is 34.3 Å². The van der Waals surface area contributed by atoms with E-state index in [1.807, 2.05) is 30.3 Å². The third kappa shape index (κ3) is 5.22. The first-order valence-electron chi connectivity index (χ1n) is 12.5. The Morgan fingerprint density at radius 3 is 2.44 bits per heavy atom. The van der Waals surface area contributed by atoms with E-state index in [2.05, 4.69) is 0 Å². The molecule has 0 saturated carbocycles. The van der Waals surface area contributed by atoms with E-state index in [-0.39, 0.29) is 22.4 Å². The number of nitrogens with zero attached hydrogens (tertiary/aromatic N) is 2. The molecule has 1 saturated heterocycles. The summed E-state index contributed by atoms with van der Waals surface area (Å²) in [6.07, 6.45) is 0. The van der Waals surface area contributed by atoms with Crippen LogP contribution in [0.4, 0.5) is 15.8 Å². The molecule has 10 heteroatoms. The number of ether oxygens (including phenoxy) is 1. The number of benzene rings is 4. The fourth-order valence-corrected chi connectivity index (χ4v) is 4.75. The molecule has 206 valence electrons. The minimum Gasteiger partial charge on any atom is -0.507 e. The average molecular weight is 555 g/mol. The summed E-state index contributed by atoms with van der Waals surface area (Å²) in [5.41, 5.74) is 0.844. The highest BCUT2D eigenvalue weighted by Gasteiger charge is 2.47. The van der Waals surface area contributed by atoms with Crippen molar-refractivity contribution in [3.05, 3.63) is 135 Å². The van der Waals surface area contributed by atoms with Crippen molar-refractivity contribution in [3.63, 3.8) is 0 Å². The number of aliphatic hydroxyl groups excluding tert-OH is 1. The molecule has 1 aliphatic heterocycles. The van der Waals surface area contributed by atoms with Crippen LogP contribution < -0.4 is 9.64 Å². The van der Waals surface area contributed by atoms with Crippen LogP contribution in [0.15, 0.2) is 96.6 Å². The number of phenolic OH excluding ortho intramolecular Hbond substituents is 1. The van der Waals surface area contributed by atoms with Crippen molar-refractivity contribution in [2.75, 3.05) is 4.90 Å². The van der Waals surface area contributed by atoms with E-state index in [4.69, 9.17) is 4.74 Å². The average Bonchev–Trinajstić information content (AvgIpc) is 3.22. The van der Waals surface area contributed by atoms with Gasteiger partial charge in [0.2, 0.25) is 0 Å². The summed E-state index contributed by atoms with van der Waals surface area (Å²) in [7, 11) is 0. The number of nitro benzene ring substituents is 1. The summed E-state index contributed by atoms with van der Waals surface area (Å²) in [6.45, 7) is 2.06. The lowest BCUT2D eigenvalue weighted by Crippen LogP contribution is -2.29. The summed E-state index contributed by atoms with van der Waals surface area (Å²) in [5, 5.41) is 32.9. The lowest BCUT2D eigenvalue weighted by Gasteiger charge is -2.25. The maximum absolute atomic E-state index is 14.2. The largest absolute Gasteiger partial charge is 0.507 e. The van der Waals surface area contributed by atoms with Crippen LogP contribution in [0.25, 0.3) is 5.76 Å². The topological polar surface area (TPSA) is 130 Å². The number of ketones is 1. The number of anilines is 1. The fourth-order valence-electron chi connectivity index (χ4n) is 4.75. The van der Waals surface area contributed by atoms with Crippen LogP contribution in [0.5, 0.6) is 11.5 Å². The summed E-state index contributed by atoms with van der Waals surface area (Å²) in [4.78, 5) is 38.3. The van der Waals surface area contributed by atoms with E-state index >= 15 is 0 Å². The Kier molecular flexibility index (Phi) is 7.22. The number of hydrogen-bond acceptors (Lipinski definition) is 7. The molecule has 9 nitrogen and oxygen atoms in total. The van der Waals surface area contributed by atoms with Gasteiger partial charge in [0.25, 0.3) is 11.7 Å². The minimum atomic E-state index is -1.36. The number of halogens is 1. The van der Waals surface area contributed by atoms with Gasteiger partial charge in [-0.25, -0.2) is 4.39 Å². The molecule has 5 rings (SSSR count). The molecule has 1 aliphatic rings. The highest BCUT2D eigenvalue weighted by Crippen LogP contribution is 2.44. The van der Waals surface area contributed by atoms with E-state index in [1.165, 1.54) is 24.3 Å². The Balaban J connectivity index is 1.61. The van der Waals surface area contributed by atoms with Crippen molar-refractivity contribution in [3.8, 4) is 11.5 Å². The summed E-state index contributed by atoms with van der Waals surface area (Å²) >= 11 is 0. The maximum Gasteiger partial charge on any atom is 0.311 e. The molecule has 0 aromatic heterocycles. The summed E-state index contributed by atoms with van der Waals surface area (Å²) in [6, 6.07) is 21.2. The number of Topliss-reactive ketones (excluding diaryl/α,β-unsaturated/α-hetero) is 1. The maximum atomic E-state index is 14.2. The second-order valence-corrected chi connectivity index (χ2v) is 9.41. The van der Waals surface area contributed by atoms with Crippen LogP contribution in [0, 0.1) is 22.9 Å². The van der Waals surface area contributed by atoms with Gasteiger partial charge in [0, 0.05) is 17.3 Å². The van der Waals surface area contributed by atoms with Gasteiger partial charge in [0.15, 0.2) is 5.75 Å². The van der Waals surface area contributed by atoms with Crippen LogP contribution >= 0.6 is 0 Å². The molecule has 1 atom stereocenters. The van der Waals surface area contributed by atoms with Crippen molar-refractivity contribution in [2.24, 2.45) is 0 Å². The number of carbonyl (C=O) groups excluding carboxylic acids is 2. The second kappa shape index (κ2) is 10.9. The van der Waals surface area contributed by atoms with Gasteiger partial charge in [-0.3, -0.25) is 24.6 Å². The Labute approximate surface area is 233 Å². The molecule has 1 amide bonds. The minimum absolute atomic E-state index is 0.00715. The molecule has 1 unspecified atom stereocenters. The number of nitro groups is 1. The molecule has 4 aromatic rings. The number of hydrogen-bond donors (Lipinski definition) is 2. The smallest absolute Gasteiger partial charge is 0.311 e. The van der Waals surface area contributed by atoms with Crippen LogP contribution in [-0.2, 0) is 16.2 Å². The van der Waals surface area contributed by atoms with Gasteiger partial charge >= 0.3 is 5.69 Å². The third-order valence-corrected chi connectivity index (χ3v) is 6.73. The molecular formula is C31H23FN2O7. The summed E-state index contributed by atoms with van der Waals surface area (Å²) in [5.74, 6) is -3.41. The number of aromatic hydroxyl groups is 1. The zero-order valence-electron chi connectivity index (χ0n) is 21.7. The number of aliphatic hydroxyl groups is 1. The lowest BCUT2D eigenvalue weighted by molar-refractivity contribution is -0.385. The molecule has 0 bridgehead atoms. The highest BCUT2D eigenvalue weighted by atomic mass is 19.1. The van der Waals surface area contributed by atoms with Gasteiger partial charge in [-0.2, -0.15) is 0 Å². The van der Waals surface area contributed by atoms with Gasteiger partial charge in [0.1, 0.15) is 23.9 Å². The molecule has 41 heavy (non-hydrogen) atoms. The van der Waals surface area contributed by atoms with Crippen molar-refractivity contribution in [1.29, 1.82) is 0 Å². The Morgan fingerprint density at radius 2 is 1.76 bits per heavy atom. The molecule has 4 aromatic carbocycles. The number of aryl methyl sites for hydroxylation is 1. The quantitative estimate of drug-likeness (QED) is 0.0949. The van der Waals surface area contributed by atoms with Gasteiger partial charge < -0.3 is 14.9 Å².